The molecule has 0 amide bonds. The van der Waals surface area contributed by atoms with E-state index in [4.69, 9.17) is 12.2 Å². The van der Waals surface area contributed by atoms with Crippen molar-refractivity contribution in [1.82, 2.24) is 10.6 Å². The first kappa shape index (κ1) is 14.5. The van der Waals surface area contributed by atoms with Gasteiger partial charge in [0.1, 0.15) is 0 Å². The lowest BCUT2D eigenvalue weighted by molar-refractivity contribution is -0.135. The molecule has 2 nitrogen and oxygen atoms in total. The minimum Gasteiger partial charge on any atom is -0.363 e. The lowest BCUT2D eigenvalue weighted by Crippen LogP contribution is -2.36. The molecule has 0 radical (unpaired) electrons. The van der Waals surface area contributed by atoms with E-state index in [1.54, 1.807) is 0 Å². The van der Waals surface area contributed by atoms with Gasteiger partial charge in [0.25, 0.3) is 0 Å². The van der Waals surface area contributed by atoms with Crippen LogP contribution >= 0.6 is 12.2 Å². The Kier molecular flexibility index (Phi) is 7.46. The zero-order valence-electron chi connectivity index (χ0n) is 8.78. The molecule has 90 valence electrons. The van der Waals surface area contributed by atoms with Gasteiger partial charge in [0.2, 0.25) is 0 Å². The number of hydrogen-bond acceptors (Lipinski definition) is 1. The zero-order valence-corrected chi connectivity index (χ0v) is 9.60. The smallest absolute Gasteiger partial charge is 0.363 e. The lowest BCUT2D eigenvalue weighted by Gasteiger charge is -2.09. The Morgan fingerprint density at radius 3 is 2.27 bits per heavy atom. The topological polar surface area (TPSA) is 24.1 Å². The normalized spacial score (nSPS) is 11.2. The van der Waals surface area contributed by atoms with Crippen molar-refractivity contribution in [3.63, 3.8) is 0 Å². The van der Waals surface area contributed by atoms with E-state index in [1.165, 1.54) is 0 Å². The molecule has 0 heterocycles. The summed E-state index contributed by atoms with van der Waals surface area (Å²) in [5.74, 6) is 0. The van der Waals surface area contributed by atoms with Crippen LogP contribution in [0, 0.1) is 0 Å². The van der Waals surface area contributed by atoms with E-state index >= 15 is 0 Å². The summed E-state index contributed by atoms with van der Waals surface area (Å²) in [4.78, 5) is 0. The molecule has 0 aliphatic carbocycles. The molecule has 0 saturated heterocycles. The highest BCUT2D eigenvalue weighted by Crippen LogP contribution is 2.21. The van der Waals surface area contributed by atoms with Gasteiger partial charge in [-0.1, -0.05) is 6.92 Å². The first-order valence-electron chi connectivity index (χ1n) is 5.04. The third-order valence-corrected chi connectivity index (χ3v) is 2.00. The summed E-state index contributed by atoms with van der Waals surface area (Å²) >= 11 is 4.90. The van der Waals surface area contributed by atoms with Crippen LogP contribution in [0.3, 0.4) is 0 Å². The predicted octanol–water partition coefficient (Wildman–Crippen LogP) is 2.59. The van der Waals surface area contributed by atoms with Crippen LogP contribution in [0.25, 0.3) is 0 Å². The SMILES string of the molecule is CCCNC(=S)NCCCCC(F)(F)F. The van der Waals surface area contributed by atoms with Gasteiger partial charge >= 0.3 is 6.18 Å². The van der Waals surface area contributed by atoms with Crippen molar-refractivity contribution < 1.29 is 13.2 Å². The maximum atomic E-state index is 11.7. The van der Waals surface area contributed by atoms with Crippen LogP contribution in [0.2, 0.25) is 0 Å². The molecule has 0 atom stereocenters. The van der Waals surface area contributed by atoms with E-state index in [0.29, 0.717) is 18.1 Å². The number of halogens is 3. The molecule has 0 aliphatic heterocycles. The molecule has 0 unspecified atom stereocenters. The van der Waals surface area contributed by atoms with E-state index in [9.17, 15) is 13.2 Å². The van der Waals surface area contributed by atoms with Crippen LogP contribution in [0.1, 0.15) is 32.6 Å². The van der Waals surface area contributed by atoms with Crippen LogP contribution in [0.15, 0.2) is 0 Å². The van der Waals surface area contributed by atoms with Crippen molar-refractivity contribution in [2.24, 2.45) is 0 Å². The summed E-state index contributed by atoms with van der Waals surface area (Å²) in [5, 5.41) is 6.31. The molecule has 0 spiro atoms. The Bertz CT molecular complexity index is 183. The maximum absolute atomic E-state index is 11.7. The third kappa shape index (κ3) is 11.4. The van der Waals surface area contributed by atoms with Gasteiger partial charge in [-0.25, -0.2) is 0 Å². The molecule has 0 aliphatic rings. The van der Waals surface area contributed by atoms with Crippen molar-refractivity contribution in [2.75, 3.05) is 13.1 Å². The van der Waals surface area contributed by atoms with Crippen LogP contribution in [0.5, 0.6) is 0 Å². The van der Waals surface area contributed by atoms with Crippen molar-refractivity contribution >= 4 is 17.3 Å². The minimum atomic E-state index is -4.04. The molecule has 2 N–H and O–H groups in total. The summed E-state index contributed by atoms with van der Waals surface area (Å²) in [6.45, 7) is 3.29. The second-order valence-corrected chi connectivity index (χ2v) is 3.66. The molecular weight excluding hydrogens is 225 g/mol. The van der Waals surface area contributed by atoms with Gasteiger partial charge in [-0.05, 0) is 31.5 Å². The van der Waals surface area contributed by atoms with E-state index in [-0.39, 0.29) is 6.42 Å². The first-order chi connectivity index (χ1) is 6.95. The van der Waals surface area contributed by atoms with E-state index in [1.807, 2.05) is 6.92 Å². The highest BCUT2D eigenvalue weighted by atomic mass is 32.1. The van der Waals surface area contributed by atoms with Crippen LogP contribution in [-0.2, 0) is 0 Å². The first-order valence-corrected chi connectivity index (χ1v) is 5.45. The number of hydrogen-bond donors (Lipinski definition) is 2. The Balaban J connectivity index is 3.27. The standard InChI is InChI=1S/C9H17F3N2S/c1-2-6-13-8(15)14-7-4-3-5-9(10,11)12/h2-7H2,1H3,(H2,13,14,15). The number of nitrogens with one attached hydrogen (secondary N) is 2. The van der Waals surface area contributed by atoms with Gasteiger partial charge in [-0.15, -0.1) is 0 Å². The fraction of sp³-hybridized carbons (Fsp3) is 0.889. The highest BCUT2D eigenvalue weighted by Gasteiger charge is 2.25. The van der Waals surface area contributed by atoms with Gasteiger partial charge < -0.3 is 10.6 Å². The van der Waals surface area contributed by atoms with Gasteiger partial charge in [0, 0.05) is 19.5 Å². The zero-order chi connectivity index (χ0) is 11.7. The second-order valence-electron chi connectivity index (χ2n) is 3.25. The molecule has 0 aromatic carbocycles. The van der Waals surface area contributed by atoms with E-state index in [2.05, 4.69) is 10.6 Å². The molecule has 0 saturated carbocycles. The third-order valence-electron chi connectivity index (χ3n) is 1.71. The van der Waals surface area contributed by atoms with Crippen molar-refractivity contribution in [3.8, 4) is 0 Å². The Morgan fingerprint density at radius 1 is 1.13 bits per heavy atom. The van der Waals surface area contributed by atoms with Crippen LogP contribution < -0.4 is 10.6 Å². The number of rotatable bonds is 6. The predicted molar refractivity (Wildman–Crippen MR) is 58.8 cm³/mol. The van der Waals surface area contributed by atoms with Crippen molar-refractivity contribution in [3.05, 3.63) is 0 Å². The average molecular weight is 242 g/mol. The van der Waals surface area contributed by atoms with E-state index < -0.39 is 12.6 Å². The van der Waals surface area contributed by atoms with Gasteiger partial charge in [-0.3, -0.25) is 0 Å². The molecule has 0 aromatic heterocycles. The fourth-order valence-corrected chi connectivity index (χ4v) is 1.16. The summed E-state index contributed by atoms with van der Waals surface area (Å²) in [6, 6.07) is 0. The Morgan fingerprint density at radius 2 is 1.73 bits per heavy atom. The Labute approximate surface area is 93.6 Å². The maximum Gasteiger partial charge on any atom is 0.389 e. The van der Waals surface area contributed by atoms with E-state index in [0.717, 1.165) is 13.0 Å². The Hall–Kier alpha value is -0.520. The van der Waals surface area contributed by atoms with Gasteiger partial charge in [0.05, 0.1) is 0 Å². The molecule has 0 bridgehead atoms. The number of thiocarbonyl (C=S) groups is 1. The highest BCUT2D eigenvalue weighted by molar-refractivity contribution is 7.80. The van der Waals surface area contributed by atoms with Crippen molar-refractivity contribution in [1.29, 1.82) is 0 Å². The summed E-state index contributed by atoms with van der Waals surface area (Å²) in [6.07, 6.45) is -3.17. The summed E-state index contributed by atoms with van der Waals surface area (Å²) in [5.41, 5.74) is 0. The monoisotopic (exact) mass is 242 g/mol. The molecule has 15 heavy (non-hydrogen) atoms. The quantitative estimate of drug-likeness (QED) is 0.553. The number of unbranched alkanes of at least 4 members (excludes halogenated alkanes) is 1. The number of alkyl halides is 3. The van der Waals surface area contributed by atoms with Gasteiger partial charge in [-0.2, -0.15) is 13.2 Å². The molecular formula is C9H17F3N2S. The summed E-state index contributed by atoms with van der Waals surface area (Å²) < 4.78 is 35.2. The largest absolute Gasteiger partial charge is 0.389 e. The van der Waals surface area contributed by atoms with Crippen LogP contribution in [-0.4, -0.2) is 24.4 Å². The van der Waals surface area contributed by atoms with Crippen molar-refractivity contribution in [2.45, 2.75) is 38.8 Å². The summed E-state index contributed by atoms with van der Waals surface area (Å²) in [7, 11) is 0. The molecule has 0 rings (SSSR count). The van der Waals surface area contributed by atoms with Gasteiger partial charge in [0.15, 0.2) is 5.11 Å². The average Bonchev–Trinajstić information content (AvgIpc) is 2.12. The minimum absolute atomic E-state index is 0.146. The second kappa shape index (κ2) is 7.73. The molecule has 0 fully saturated rings. The molecule has 0 aromatic rings. The fourth-order valence-electron chi connectivity index (χ4n) is 0.953. The van der Waals surface area contributed by atoms with Crippen LogP contribution in [0.4, 0.5) is 13.2 Å². The molecule has 6 heteroatoms. The lowest BCUT2D eigenvalue weighted by atomic mass is 10.2.